The van der Waals surface area contributed by atoms with E-state index in [4.69, 9.17) is 10.5 Å². The Hall–Kier alpha value is -1.97. The van der Waals surface area contributed by atoms with Gasteiger partial charge in [-0.15, -0.1) is 0 Å². The molecule has 0 bridgehead atoms. The van der Waals surface area contributed by atoms with Crippen LogP contribution in [0.25, 0.3) is 11.3 Å². The summed E-state index contributed by atoms with van der Waals surface area (Å²) in [6.07, 6.45) is 1.79. The minimum absolute atomic E-state index is 0.627. The molecule has 78 valence electrons. The number of nitrogens with one attached hydrogen (secondary N) is 1. The van der Waals surface area contributed by atoms with E-state index in [-0.39, 0.29) is 0 Å². The molecular formula is C11H13N3O. The molecule has 0 saturated heterocycles. The maximum Gasteiger partial charge on any atom is 0.141 e. The van der Waals surface area contributed by atoms with Crippen molar-refractivity contribution >= 4 is 5.69 Å². The van der Waals surface area contributed by atoms with E-state index in [2.05, 4.69) is 9.97 Å². The van der Waals surface area contributed by atoms with Crippen LogP contribution in [-0.4, -0.2) is 17.1 Å². The lowest BCUT2D eigenvalue weighted by atomic mass is 10.1. The number of nitrogens with two attached hydrogens (primary N) is 1. The molecule has 4 heteroatoms. The number of imidazole rings is 1. The van der Waals surface area contributed by atoms with Crippen LogP contribution in [0.3, 0.4) is 0 Å². The first kappa shape index (κ1) is 9.58. The summed E-state index contributed by atoms with van der Waals surface area (Å²) in [6, 6.07) is 5.66. The second-order valence-electron chi connectivity index (χ2n) is 3.34. The molecule has 1 aromatic carbocycles. The average molecular weight is 203 g/mol. The third kappa shape index (κ3) is 1.79. The number of aryl methyl sites for hydroxylation is 1. The molecule has 15 heavy (non-hydrogen) atoms. The Morgan fingerprint density at radius 2 is 2.20 bits per heavy atom. The van der Waals surface area contributed by atoms with Crippen LogP contribution in [0, 0.1) is 6.92 Å². The second-order valence-corrected chi connectivity index (χ2v) is 3.34. The Morgan fingerprint density at radius 3 is 2.73 bits per heavy atom. The number of ether oxygens (including phenoxy) is 1. The van der Waals surface area contributed by atoms with E-state index < -0.39 is 0 Å². The molecule has 4 nitrogen and oxygen atoms in total. The summed E-state index contributed by atoms with van der Waals surface area (Å²) in [5.41, 5.74) is 8.41. The van der Waals surface area contributed by atoms with E-state index >= 15 is 0 Å². The number of rotatable bonds is 2. The highest BCUT2D eigenvalue weighted by Crippen LogP contribution is 2.27. The van der Waals surface area contributed by atoms with E-state index in [1.807, 2.05) is 25.1 Å². The summed E-state index contributed by atoms with van der Waals surface area (Å²) >= 11 is 0. The van der Waals surface area contributed by atoms with Crippen molar-refractivity contribution in [3.63, 3.8) is 0 Å². The number of benzene rings is 1. The number of aromatic amines is 1. The summed E-state index contributed by atoms with van der Waals surface area (Å²) in [7, 11) is 1.60. The Bertz CT molecular complexity index is 476. The van der Waals surface area contributed by atoms with Crippen LogP contribution in [0.15, 0.2) is 24.4 Å². The fourth-order valence-corrected chi connectivity index (χ4v) is 1.47. The zero-order valence-corrected chi connectivity index (χ0v) is 8.74. The number of hydrogen-bond donors (Lipinski definition) is 2. The third-order valence-electron chi connectivity index (χ3n) is 2.24. The van der Waals surface area contributed by atoms with Gasteiger partial charge in [0.25, 0.3) is 0 Å². The fraction of sp³-hybridized carbons (Fsp3) is 0.182. The van der Waals surface area contributed by atoms with Crippen LogP contribution in [0.5, 0.6) is 5.75 Å². The Kier molecular flexibility index (Phi) is 2.33. The van der Waals surface area contributed by atoms with Gasteiger partial charge in [0.2, 0.25) is 0 Å². The van der Waals surface area contributed by atoms with Crippen molar-refractivity contribution in [2.75, 3.05) is 12.8 Å². The van der Waals surface area contributed by atoms with Gasteiger partial charge in [0, 0.05) is 5.56 Å². The second kappa shape index (κ2) is 3.65. The molecule has 0 unspecified atom stereocenters. The van der Waals surface area contributed by atoms with Crippen LogP contribution in [0.2, 0.25) is 0 Å². The number of nitrogens with zero attached hydrogens (tertiary/aromatic N) is 1. The van der Waals surface area contributed by atoms with Crippen LogP contribution in [0.4, 0.5) is 5.69 Å². The van der Waals surface area contributed by atoms with Crippen molar-refractivity contribution in [2.24, 2.45) is 0 Å². The number of methoxy groups -OCH3 is 1. The molecule has 0 amide bonds. The number of nitrogen functional groups attached to an aromatic ring is 1. The molecule has 2 aromatic rings. The molecule has 1 aromatic heterocycles. The van der Waals surface area contributed by atoms with Gasteiger partial charge >= 0.3 is 0 Å². The third-order valence-corrected chi connectivity index (χ3v) is 2.24. The van der Waals surface area contributed by atoms with Gasteiger partial charge in [0.15, 0.2) is 0 Å². The Labute approximate surface area is 88.1 Å². The van der Waals surface area contributed by atoms with Crippen molar-refractivity contribution < 1.29 is 4.74 Å². The predicted octanol–water partition coefficient (Wildman–Crippen LogP) is 1.98. The highest BCUT2D eigenvalue weighted by molar-refractivity contribution is 5.67. The molecule has 0 aliphatic rings. The average Bonchev–Trinajstić information content (AvgIpc) is 2.65. The van der Waals surface area contributed by atoms with Gasteiger partial charge < -0.3 is 15.5 Å². The van der Waals surface area contributed by atoms with Gasteiger partial charge in [0.05, 0.1) is 24.7 Å². The smallest absolute Gasteiger partial charge is 0.141 e. The van der Waals surface area contributed by atoms with Gasteiger partial charge in [0.1, 0.15) is 11.6 Å². The molecule has 1 heterocycles. The Morgan fingerprint density at radius 1 is 1.40 bits per heavy atom. The van der Waals surface area contributed by atoms with Crippen LogP contribution in [-0.2, 0) is 0 Å². The van der Waals surface area contributed by atoms with E-state index in [9.17, 15) is 0 Å². The van der Waals surface area contributed by atoms with Crippen LogP contribution < -0.4 is 10.5 Å². The van der Waals surface area contributed by atoms with E-state index in [0.29, 0.717) is 11.4 Å². The topological polar surface area (TPSA) is 63.9 Å². The summed E-state index contributed by atoms with van der Waals surface area (Å²) in [4.78, 5) is 7.29. The molecule has 0 fully saturated rings. The van der Waals surface area contributed by atoms with Gasteiger partial charge in [-0.25, -0.2) is 4.98 Å². The predicted molar refractivity (Wildman–Crippen MR) is 59.7 cm³/mol. The molecular weight excluding hydrogens is 190 g/mol. The van der Waals surface area contributed by atoms with E-state index in [0.717, 1.165) is 17.1 Å². The fourth-order valence-electron chi connectivity index (χ4n) is 1.47. The van der Waals surface area contributed by atoms with Crippen LogP contribution >= 0.6 is 0 Å². The zero-order valence-electron chi connectivity index (χ0n) is 8.74. The van der Waals surface area contributed by atoms with Gasteiger partial charge in [-0.05, 0) is 25.1 Å². The lowest BCUT2D eigenvalue weighted by Crippen LogP contribution is -1.92. The van der Waals surface area contributed by atoms with E-state index in [1.54, 1.807) is 13.3 Å². The summed E-state index contributed by atoms with van der Waals surface area (Å²) < 4.78 is 5.09. The summed E-state index contributed by atoms with van der Waals surface area (Å²) in [6.45, 7) is 1.91. The maximum atomic E-state index is 5.82. The standard InChI is InChI=1S/C11H13N3O/c1-7-13-6-10(14-7)8-3-4-11(15-2)9(12)5-8/h3-6H,12H2,1-2H3,(H,13,14). The molecule has 0 spiro atoms. The first-order valence-electron chi connectivity index (χ1n) is 4.66. The first-order chi connectivity index (χ1) is 7.20. The van der Waals surface area contributed by atoms with Crippen molar-refractivity contribution in [2.45, 2.75) is 6.92 Å². The number of anilines is 1. The van der Waals surface area contributed by atoms with E-state index in [1.165, 1.54) is 0 Å². The molecule has 0 atom stereocenters. The summed E-state index contributed by atoms with van der Waals surface area (Å²) in [5, 5.41) is 0. The SMILES string of the molecule is COc1ccc(-c2cnc(C)[nH]2)cc1N. The number of hydrogen-bond acceptors (Lipinski definition) is 3. The lowest BCUT2D eigenvalue weighted by molar-refractivity contribution is 0.417. The number of aromatic nitrogens is 2. The number of H-pyrrole nitrogens is 1. The van der Waals surface area contributed by atoms with Crippen LogP contribution in [0.1, 0.15) is 5.82 Å². The first-order valence-corrected chi connectivity index (χ1v) is 4.66. The molecule has 0 radical (unpaired) electrons. The van der Waals surface area contributed by atoms with Crippen molar-refractivity contribution in [3.05, 3.63) is 30.2 Å². The monoisotopic (exact) mass is 203 g/mol. The minimum Gasteiger partial charge on any atom is -0.495 e. The van der Waals surface area contributed by atoms with Gasteiger partial charge in [-0.2, -0.15) is 0 Å². The molecule has 2 rings (SSSR count). The molecule has 0 aliphatic carbocycles. The normalized spacial score (nSPS) is 10.3. The maximum absolute atomic E-state index is 5.82. The molecule has 0 saturated carbocycles. The minimum atomic E-state index is 0.627. The van der Waals surface area contributed by atoms with Crippen molar-refractivity contribution in [3.8, 4) is 17.0 Å². The lowest BCUT2D eigenvalue weighted by Gasteiger charge is -2.05. The summed E-state index contributed by atoms with van der Waals surface area (Å²) in [5.74, 6) is 1.58. The molecule has 3 N–H and O–H groups in total. The quantitative estimate of drug-likeness (QED) is 0.733. The molecule has 0 aliphatic heterocycles. The zero-order chi connectivity index (χ0) is 10.8. The van der Waals surface area contributed by atoms with Crippen molar-refractivity contribution in [1.82, 2.24) is 9.97 Å². The van der Waals surface area contributed by atoms with Crippen molar-refractivity contribution in [1.29, 1.82) is 0 Å². The highest BCUT2D eigenvalue weighted by Gasteiger charge is 2.04. The highest BCUT2D eigenvalue weighted by atomic mass is 16.5. The Balaban J connectivity index is 2.42. The largest absolute Gasteiger partial charge is 0.495 e. The van der Waals surface area contributed by atoms with Gasteiger partial charge in [-0.3, -0.25) is 0 Å². The van der Waals surface area contributed by atoms with Gasteiger partial charge in [-0.1, -0.05) is 0 Å².